The number of phenols is 1. The van der Waals surface area contributed by atoms with Gasteiger partial charge in [-0.05, 0) is 74.4 Å². The van der Waals surface area contributed by atoms with Gasteiger partial charge >= 0.3 is 6.09 Å². The van der Waals surface area contributed by atoms with Crippen LogP contribution in [-0.4, -0.2) is 51.2 Å². The second kappa shape index (κ2) is 13.2. The van der Waals surface area contributed by atoms with Crippen molar-refractivity contribution in [2.45, 2.75) is 76.3 Å². The van der Waals surface area contributed by atoms with Crippen LogP contribution in [0.25, 0.3) is 0 Å². The molecule has 0 fully saturated rings. The highest BCUT2D eigenvalue weighted by molar-refractivity contribution is 5.80. The van der Waals surface area contributed by atoms with Crippen molar-refractivity contribution >= 4 is 12.0 Å². The van der Waals surface area contributed by atoms with E-state index in [1.54, 1.807) is 45.0 Å². The second-order valence-corrected chi connectivity index (χ2v) is 11.8. The molecule has 0 heterocycles. The van der Waals surface area contributed by atoms with Crippen LogP contribution in [0.1, 0.15) is 55.5 Å². The highest BCUT2D eigenvalue weighted by Gasteiger charge is 2.35. The molecule has 0 aliphatic heterocycles. The van der Waals surface area contributed by atoms with Crippen LogP contribution in [0, 0.1) is 5.92 Å². The van der Waals surface area contributed by atoms with Gasteiger partial charge in [0, 0.05) is 12.3 Å². The first-order chi connectivity index (χ1) is 19.5. The van der Waals surface area contributed by atoms with Crippen LogP contribution in [-0.2, 0) is 28.8 Å². The number of aliphatic hydroxyl groups excluding tert-OH is 2. The first-order valence-corrected chi connectivity index (χ1v) is 14.0. The van der Waals surface area contributed by atoms with Gasteiger partial charge in [-0.1, -0.05) is 66.7 Å². The highest BCUT2D eigenvalue weighted by atomic mass is 16.6. The summed E-state index contributed by atoms with van der Waals surface area (Å²) in [7, 11) is 0. The molecule has 3 aromatic rings. The maximum Gasteiger partial charge on any atom is 0.407 e. The van der Waals surface area contributed by atoms with Gasteiger partial charge in [-0.2, -0.15) is 0 Å². The number of aromatic hydroxyl groups is 1. The number of hydrogen-bond acceptors (Lipinski definition) is 6. The molecule has 218 valence electrons. The molecule has 0 radical (unpaired) electrons. The molecule has 0 saturated heterocycles. The summed E-state index contributed by atoms with van der Waals surface area (Å²) in [5, 5.41) is 37.8. The summed E-state index contributed by atoms with van der Waals surface area (Å²) in [6.07, 6.45) is -1.37. The zero-order valence-electron chi connectivity index (χ0n) is 23.8. The van der Waals surface area contributed by atoms with E-state index in [-0.39, 0.29) is 24.5 Å². The quantitative estimate of drug-likeness (QED) is 0.253. The summed E-state index contributed by atoms with van der Waals surface area (Å²) in [5.41, 5.74) is 2.88. The summed E-state index contributed by atoms with van der Waals surface area (Å²) in [6.45, 7) is 5.30. The number of ether oxygens (including phenoxy) is 1. The fraction of sp³-hybridized carbons (Fsp3) is 0.394. The molecule has 0 unspecified atom stereocenters. The van der Waals surface area contributed by atoms with Gasteiger partial charge in [0.15, 0.2) is 0 Å². The van der Waals surface area contributed by atoms with E-state index in [0.717, 1.165) is 22.3 Å². The number of aliphatic hydroxyl groups is 2. The van der Waals surface area contributed by atoms with Gasteiger partial charge in [0.2, 0.25) is 5.91 Å². The predicted molar refractivity (Wildman–Crippen MR) is 156 cm³/mol. The maximum atomic E-state index is 13.8. The van der Waals surface area contributed by atoms with Crippen LogP contribution in [0.15, 0.2) is 78.9 Å². The molecule has 41 heavy (non-hydrogen) atoms. The summed E-state index contributed by atoms with van der Waals surface area (Å²) in [6, 6.07) is 22.4. The molecule has 1 aliphatic carbocycles. The van der Waals surface area contributed by atoms with E-state index >= 15 is 0 Å². The van der Waals surface area contributed by atoms with E-state index in [9.17, 15) is 24.9 Å². The van der Waals surface area contributed by atoms with Gasteiger partial charge in [-0.3, -0.25) is 4.79 Å². The lowest BCUT2D eigenvalue weighted by molar-refractivity contribution is -0.127. The Kier molecular flexibility index (Phi) is 9.68. The summed E-state index contributed by atoms with van der Waals surface area (Å²) < 4.78 is 5.46. The van der Waals surface area contributed by atoms with Gasteiger partial charge in [0.05, 0.1) is 24.3 Å². The first kappa shape index (κ1) is 30.1. The number of hydrogen-bond donors (Lipinski definition) is 5. The molecule has 5 atom stereocenters. The Morgan fingerprint density at radius 2 is 1.56 bits per heavy atom. The minimum atomic E-state index is -1.09. The smallest absolute Gasteiger partial charge is 0.407 e. The van der Waals surface area contributed by atoms with E-state index in [4.69, 9.17) is 4.74 Å². The molecule has 1 aliphatic rings. The van der Waals surface area contributed by atoms with Crippen molar-refractivity contribution in [1.82, 2.24) is 10.6 Å². The van der Waals surface area contributed by atoms with Crippen molar-refractivity contribution < 1.29 is 29.6 Å². The average Bonchev–Trinajstić information content (AvgIpc) is 3.23. The number of phenolic OH excluding ortho intramolecular Hbond substituents is 1. The normalized spacial score (nSPS) is 18.6. The Bertz CT molecular complexity index is 1310. The lowest BCUT2D eigenvalue weighted by atomic mass is 9.88. The molecule has 3 aromatic carbocycles. The summed E-state index contributed by atoms with van der Waals surface area (Å²) in [5.74, 6) is -0.883. The molecule has 0 bridgehead atoms. The molecule has 5 N–H and O–H groups in total. The molecule has 2 amide bonds. The Morgan fingerprint density at radius 1 is 0.927 bits per heavy atom. The number of rotatable bonds is 10. The van der Waals surface area contributed by atoms with Gasteiger partial charge < -0.3 is 30.7 Å². The molecule has 4 rings (SSSR count). The van der Waals surface area contributed by atoms with Gasteiger partial charge in [-0.15, -0.1) is 0 Å². The van der Waals surface area contributed by atoms with Crippen molar-refractivity contribution in [2.75, 3.05) is 0 Å². The number of benzene rings is 3. The van der Waals surface area contributed by atoms with E-state index in [0.29, 0.717) is 12.8 Å². The van der Waals surface area contributed by atoms with Crippen molar-refractivity contribution in [2.24, 2.45) is 5.92 Å². The van der Waals surface area contributed by atoms with Crippen LogP contribution >= 0.6 is 0 Å². The zero-order chi connectivity index (χ0) is 29.6. The molecule has 0 aromatic heterocycles. The van der Waals surface area contributed by atoms with Crippen molar-refractivity contribution in [3.63, 3.8) is 0 Å². The Balaban J connectivity index is 1.56. The molecule has 8 heteroatoms. The second-order valence-electron chi connectivity index (χ2n) is 11.8. The molecular weight excluding hydrogens is 520 g/mol. The van der Waals surface area contributed by atoms with Gasteiger partial charge in [0.1, 0.15) is 11.4 Å². The monoisotopic (exact) mass is 560 g/mol. The van der Waals surface area contributed by atoms with Crippen LogP contribution in [0.5, 0.6) is 5.75 Å². The number of nitrogens with one attached hydrogen (secondary N) is 2. The molecule has 0 saturated carbocycles. The molecule has 0 spiro atoms. The van der Waals surface area contributed by atoms with Crippen LogP contribution in [0.3, 0.4) is 0 Å². The minimum Gasteiger partial charge on any atom is -0.508 e. The van der Waals surface area contributed by atoms with Crippen molar-refractivity contribution in [3.8, 4) is 5.75 Å². The number of carbonyl (C=O) groups is 2. The van der Waals surface area contributed by atoms with E-state index in [2.05, 4.69) is 10.6 Å². The Hall–Kier alpha value is -3.88. The van der Waals surface area contributed by atoms with E-state index < -0.39 is 41.9 Å². The third-order valence-corrected chi connectivity index (χ3v) is 7.28. The number of amides is 2. The van der Waals surface area contributed by atoms with Crippen molar-refractivity contribution in [3.05, 3.63) is 101 Å². The Morgan fingerprint density at radius 3 is 2.24 bits per heavy atom. The zero-order valence-corrected chi connectivity index (χ0v) is 23.8. The fourth-order valence-electron chi connectivity index (χ4n) is 5.28. The third-order valence-electron chi connectivity index (χ3n) is 7.28. The third kappa shape index (κ3) is 8.55. The lowest BCUT2D eigenvalue weighted by Crippen LogP contribution is -2.48. The van der Waals surface area contributed by atoms with E-state index in [1.807, 2.05) is 54.6 Å². The number of alkyl carbamates (subject to hydrolysis) is 1. The number of fused-ring (bicyclic) bond motifs is 1. The first-order valence-electron chi connectivity index (χ1n) is 14.0. The van der Waals surface area contributed by atoms with Crippen molar-refractivity contribution in [1.29, 1.82) is 0 Å². The summed E-state index contributed by atoms with van der Waals surface area (Å²) in [4.78, 5) is 26.5. The Labute approximate surface area is 241 Å². The number of carbonyl (C=O) groups excluding carboxylic acids is 2. The summed E-state index contributed by atoms with van der Waals surface area (Å²) >= 11 is 0. The fourth-order valence-corrected chi connectivity index (χ4v) is 5.28. The standard InChI is InChI=1S/C33H40N2O6/c1-33(2,3)41-32(40)34-27(18-21-9-5-4-6-10-21)28(37)20-24(17-22-13-15-25(36)16-14-22)31(39)35-30-26-12-8-7-11-23(26)19-29(30)38/h4-16,24,27-30,36-38H,17-20H2,1-3H3,(H,34,40)(H,35,39)/t24-,27-,28+,29-,30+/m1/s1. The minimum absolute atomic E-state index is 0.0461. The van der Waals surface area contributed by atoms with E-state index in [1.165, 1.54) is 0 Å². The van der Waals surface area contributed by atoms with Crippen LogP contribution in [0.4, 0.5) is 4.79 Å². The average molecular weight is 561 g/mol. The lowest BCUT2D eigenvalue weighted by Gasteiger charge is -2.29. The topological polar surface area (TPSA) is 128 Å². The molecule has 8 nitrogen and oxygen atoms in total. The van der Waals surface area contributed by atoms with Gasteiger partial charge in [0.25, 0.3) is 0 Å². The largest absolute Gasteiger partial charge is 0.508 e. The highest BCUT2D eigenvalue weighted by Crippen LogP contribution is 2.32. The van der Waals surface area contributed by atoms with Gasteiger partial charge in [-0.25, -0.2) is 4.79 Å². The SMILES string of the molecule is CC(C)(C)OC(=O)N[C@H](Cc1ccccc1)[C@@H](O)C[C@@H](Cc1ccc(O)cc1)C(=O)N[C@H]1c2ccccc2C[C@H]1O. The molecular formula is C33H40N2O6. The van der Waals surface area contributed by atoms with Crippen LogP contribution in [0.2, 0.25) is 0 Å². The predicted octanol–water partition coefficient (Wildman–Crippen LogP) is 4.21. The van der Waals surface area contributed by atoms with Crippen LogP contribution < -0.4 is 10.6 Å². The maximum absolute atomic E-state index is 13.8.